The molecule has 2 fully saturated rings. The number of rotatable bonds is 8. The molecule has 1 amide bonds. The Bertz CT molecular complexity index is 1260. The van der Waals surface area contributed by atoms with Gasteiger partial charge in [-0.2, -0.15) is 4.68 Å². The average Bonchev–Trinajstić information content (AvgIpc) is 3.64. The molecule has 3 aliphatic rings. The molecular formula is C28H41N7O4Si. The third kappa shape index (κ3) is 5.48. The molecule has 0 saturated carbocycles. The smallest absolute Gasteiger partial charge is 0.336 e. The number of nitrogens with zero attached hydrogens (tertiary/aromatic N) is 7. The highest BCUT2D eigenvalue weighted by Gasteiger charge is 2.50. The summed E-state index contributed by atoms with van der Waals surface area (Å²) in [5.74, 6) is 0.506. The maximum atomic E-state index is 13.6. The van der Waals surface area contributed by atoms with Gasteiger partial charge < -0.3 is 14.1 Å². The molecule has 11 nitrogen and oxygen atoms in total. The van der Waals surface area contributed by atoms with Gasteiger partial charge in [-0.25, -0.2) is 9.78 Å². The fourth-order valence-corrected chi connectivity index (χ4v) is 6.68. The molecule has 2 aromatic rings. The highest BCUT2D eigenvalue weighted by molar-refractivity contribution is 6.74. The molecule has 0 N–H and O–H groups in total. The number of carbonyl (C=O) groups is 2. The van der Waals surface area contributed by atoms with E-state index in [0.717, 1.165) is 50.0 Å². The van der Waals surface area contributed by atoms with Gasteiger partial charge in [-0.15, -0.1) is 5.10 Å². The number of pyridine rings is 1. The third-order valence-electron chi connectivity index (χ3n) is 9.50. The Morgan fingerprint density at radius 2 is 1.85 bits per heavy atom. The van der Waals surface area contributed by atoms with Gasteiger partial charge in [-0.3, -0.25) is 9.69 Å². The minimum Gasteiger partial charge on any atom is -0.456 e. The molecule has 40 heavy (non-hydrogen) atoms. The molecule has 12 heteroatoms. The summed E-state index contributed by atoms with van der Waals surface area (Å²) in [6.45, 7) is 16.3. The van der Waals surface area contributed by atoms with Crippen molar-refractivity contribution < 1.29 is 18.8 Å². The first-order valence-corrected chi connectivity index (χ1v) is 17.1. The van der Waals surface area contributed by atoms with Gasteiger partial charge in [0.2, 0.25) is 5.91 Å². The van der Waals surface area contributed by atoms with E-state index in [2.05, 4.69) is 65.3 Å². The zero-order valence-corrected chi connectivity index (χ0v) is 25.5. The van der Waals surface area contributed by atoms with Crippen LogP contribution in [0.4, 0.5) is 0 Å². The van der Waals surface area contributed by atoms with E-state index in [1.165, 1.54) is 6.33 Å². The Balaban J connectivity index is 1.29. The number of aromatic nitrogens is 5. The Kier molecular flexibility index (Phi) is 7.70. The van der Waals surface area contributed by atoms with Crippen LogP contribution in [0, 0.1) is 5.41 Å². The van der Waals surface area contributed by atoms with Gasteiger partial charge in [0, 0.05) is 25.4 Å². The fraction of sp³-hybridized carbons (Fsp3) is 0.643. The van der Waals surface area contributed by atoms with Crippen LogP contribution in [0.1, 0.15) is 52.5 Å². The number of likely N-dealkylation sites (tertiary alicyclic amines) is 2. The summed E-state index contributed by atoms with van der Waals surface area (Å²) >= 11 is 0. The molecule has 1 spiro atoms. The van der Waals surface area contributed by atoms with Crippen LogP contribution < -0.4 is 0 Å². The molecule has 5 heterocycles. The van der Waals surface area contributed by atoms with E-state index in [1.54, 1.807) is 11.6 Å². The second-order valence-corrected chi connectivity index (χ2v) is 17.7. The third-order valence-corrected chi connectivity index (χ3v) is 14.0. The number of hydrogen-bond donors (Lipinski definition) is 0. The van der Waals surface area contributed by atoms with Crippen LogP contribution in [-0.4, -0.2) is 94.1 Å². The summed E-state index contributed by atoms with van der Waals surface area (Å²) in [7, 11) is -1.95. The summed E-state index contributed by atoms with van der Waals surface area (Å²) in [6, 6.07) is 4.18. The second kappa shape index (κ2) is 10.8. The van der Waals surface area contributed by atoms with Gasteiger partial charge in [0.25, 0.3) is 0 Å². The lowest BCUT2D eigenvalue weighted by atomic mass is 9.76. The van der Waals surface area contributed by atoms with Crippen molar-refractivity contribution in [3.8, 4) is 5.82 Å². The zero-order chi connectivity index (χ0) is 28.7. The molecule has 5 rings (SSSR count). The molecule has 0 radical (unpaired) electrons. The molecule has 2 saturated heterocycles. The van der Waals surface area contributed by atoms with E-state index >= 15 is 0 Å². The number of tetrazole rings is 1. The SMILES string of the molecule is CC1=C(N2CCC3(CCN(C(CO[Si](C)(C)C(C)(C)C)Cc4ccc(-n5cnnn5)nc4)CC3)C2=O)COC1=O. The lowest BCUT2D eigenvalue weighted by molar-refractivity contribution is -0.139. The van der Waals surface area contributed by atoms with Crippen molar-refractivity contribution in [3.05, 3.63) is 41.5 Å². The van der Waals surface area contributed by atoms with Crippen molar-refractivity contribution >= 4 is 20.2 Å². The van der Waals surface area contributed by atoms with E-state index in [9.17, 15) is 9.59 Å². The normalized spacial score (nSPS) is 21.0. The van der Waals surface area contributed by atoms with Gasteiger partial charge in [-0.05, 0) is 85.9 Å². The number of hydrogen-bond acceptors (Lipinski definition) is 9. The first kappa shape index (κ1) is 28.6. The Hall–Kier alpha value is -2.96. The van der Waals surface area contributed by atoms with Crippen LogP contribution >= 0.6 is 0 Å². The summed E-state index contributed by atoms with van der Waals surface area (Å²) in [5.41, 5.74) is 2.06. The molecule has 0 aliphatic carbocycles. The molecule has 2 aromatic heterocycles. The van der Waals surface area contributed by atoms with Crippen molar-refractivity contribution in [2.75, 3.05) is 32.8 Å². The predicted octanol–water partition coefficient (Wildman–Crippen LogP) is 3.14. The van der Waals surface area contributed by atoms with Crippen molar-refractivity contribution in [1.82, 2.24) is 35.0 Å². The Morgan fingerprint density at radius 1 is 1.12 bits per heavy atom. The minimum atomic E-state index is -1.95. The molecule has 1 atom stereocenters. The van der Waals surface area contributed by atoms with Crippen molar-refractivity contribution in [2.24, 2.45) is 5.41 Å². The quantitative estimate of drug-likeness (QED) is 0.350. The molecule has 216 valence electrons. The van der Waals surface area contributed by atoms with Crippen molar-refractivity contribution in [2.45, 2.75) is 77.6 Å². The zero-order valence-electron chi connectivity index (χ0n) is 24.5. The predicted molar refractivity (Wildman–Crippen MR) is 151 cm³/mol. The van der Waals surface area contributed by atoms with Gasteiger partial charge in [0.15, 0.2) is 14.1 Å². The lowest BCUT2D eigenvalue weighted by Gasteiger charge is -2.43. The van der Waals surface area contributed by atoms with Crippen LogP contribution in [0.15, 0.2) is 35.9 Å². The van der Waals surface area contributed by atoms with Crippen molar-refractivity contribution in [1.29, 1.82) is 0 Å². The Labute approximate surface area is 237 Å². The number of piperidine rings is 1. The highest BCUT2D eigenvalue weighted by Crippen LogP contribution is 2.44. The van der Waals surface area contributed by atoms with E-state index in [0.29, 0.717) is 24.5 Å². The van der Waals surface area contributed by atoms with Crippen LogP contribution in [0.25, 0.3) is 5.82 Å². The topological polar surface area (TPSA) is 116 Å². The summed E-state index contributed by atoms with van der Waals surface area (Å²) < 4.78 is 13.5. The van der Waals surface area contributed by atoms with E-state index in [4.69, 9.17) is 9.16 Å². The van der Waals surface area contributed by atoms with Crippen LogP contribution in [0.3, 0.4) is 0 Å². The number of carbonyl (C=O) groups excluding carboxylic acids is 2. The van der Waals surface area contributed by atoms with Crippen LogP contribution in [-0.2, 0) is 25.2 Å². The summed E-state index contributed by atoms with van der Waals surface area (Å²) in [5, 5.41) is 11.4. The number of amides is 1. The number of esters is 1. The first-order chi connectivity index (χ1) is 18.9. The molecular weight excluding hydrogens is 526 g/mol. The fourth-order valence-electron chi connectivity index (χ4n) is 5.63. The Morgan fingerprint density at radius 3 is 2.42 bits per heavy atom. The number of cyclic esters (lactones) is 1. The van der Waals surface area contributed by atoms with Gasteiger partial charge in [-0.1, -0.05) is 26.8 Å². The van der Waals surface area contributed by atoms with E-state index < -0.39 is 8.32 Å². The van der Waals surface area contributed by atoms with E-state index in [1.807, 2.05) is 17.2 Å². The minimum absolute atomic E-state index is 0.121. The van der Waals surface area contributed by atoms with Crippen LogP contribution in [0.2, 0.25) is 18.1 Å². The highest BCUT2D eigenvalue weighted by atomic mass is 28.4. The lowest BCUT2D eigenvalue weighted by Crippen LogP contribution is -2.52. The van der Waals surface area contributed by atoms with E-state index in [-0.39, 0.29) is 35.0 Å². The van der Waals surface area contributed by atoms with Gasteiger partial charge in [0.05, 0.1) is 16.7 Å². The molecule has 0 aromatic carbocycles. The molecule has 0 bridgehead atoms. The van der Waals surface area contributed by atoms with Crippen LogP contribution in [0.5, 0.6) is 0 Å². The summed E-state index contributed by atoms with van der Waals surface area (Å²) in [4.78, 5) is 34.4. The summed E-state index contributed by atoms with van der Waals surface area (Å²) in [6.07, 6.45) is 6.64. The largest absolute Gasteiger partial charge is 0.456 e. The number of ether oxygens (including phenoxy) is 1. The van der Waals surface area contributed by atoms with Crippen molar-refractivity contribution in [3.63, 3.8) is 0 Å². The second-order valence-electron chi connectivity index (χ2n) is 12.9. The average molecular weight is 568 g/mol. The van der Waals surface area contributed by atoms with Gasteiger partial charge in [0.1, 0.15) is 12.9 Å². The molecule has 1 unspecified atom stereocenters. The molecule has 3 aliphatic heterocycles. The maximum absolute atomic E-state index is 13.6. The maximum Gasteiger partial charge on any atom is 0.336 e. The first-order valence-electron chi connectivity index (χ1n) is 14.2. The monoisotopic (exact) mass is 567 g/mol. The standard InChI is InChI=1S/C28H41N7O4Si/c1-20-23(18-38-25(20)36)34-14-11-28(26(34)37)9-12-33(13-10-28)22(17-39-40(5,6)27(2,3)4)15-21-7-8-24(29-16-21)35-19-30-31-32-35/h7-8,16,19,22H,9-15,17-18H2,1-6H3. The van der Waals surface area contributed by atoms with Gasteiger partial charge >= 0.3 is 5.97 Å².